The Morgan fingerprint density at radius 1 is 1.03 bits per heavy atom. The maximum atomic E-state index is 12.6. The topological polar surface area (TPSA) is 73.4 Å². The van der Waals surface area contributed by atoms with Gasteiger partial charge in [-0.1, -0.05) is 12.1 Å². The van der Waals surface area contributed by atoms with Gasteiger partial charge >= 0.3 is 6.09 Å². The first-order chi connectivity index (χ1) is 18.3. The molecule has 2 fully saturated rings. The predicted molar refractivity (Wildman–Crippen MR) is 148 cm³/mol. The van der Waals surface area contributed by atoms with Crippen LogP contribution in [0.2, 0.25) is 0 Å². The zero-order chi connectivity index (χ0) is 27.0. The number of methoxy groups -OCH3 is 1. The summed E-state index contributed by atoms with van der Waals surface area (Å²) in [5.74, 6) is 2.29. The first-order valence-corrected chi connectivity index (χ1v) is 13.8. The predicted octanol–water partition coefficient (Wildman–Crippen LogP) is 5.69. The van der Waals surface area contributed by atoms with Crippen molar-refractivity contribution in [2.45, 2.75) is 71.1 Å². The van der Waals surface area contributed by atoms with Gasteiger partial charge in [-0.05, 0) is 76.5 Å². The van der Waals surface area contributed by atoms with Gasteiger partial charge in [0.05, 0.1) is 37.8 Å². The molecule has 0 saturated carbocycles. The van der Waals surface area contributed by atoms with E-state index in [-0.39, 0.29) is 12.1 Å². The zero-order valence-electron chi connectivity index (χ0n) is 23.4. The van der Waals surface area contributed by atoms with E-state index < -0.39 is 5.60 Å². The molecular formula is C30H43N3O5. The van der Waals surface area contributed by atoms with E-state index in [2.05, 4.69) is 16.0 Å². The number of carbonyl (C=O) groups excluding carboxylic acids is 1. The first-order valence-electron chi connectivity index (χ1n) is 13.8. The summed E-state index contributed by atoms with van der Waals surface area (Å²) < 4.78 is 22.8. The van der Waals surface area contributed by atoms with Gasteiger partial charge in [-0.15, -0.1) is 0 Å². The molecule has 1 aromatic carbocycles. The van der Waals surface area contributed by atoms with Crippen LogP contribution in [0, 0.1) is 5.92 Å². The van der Waals surface area contributed by atoms with Gasteiger partial charge in [-0.2, -0.15) is 0 Å². The van der Waals surface area contributed by atoms with Crippen molar-refractivity contribution in [2.24, 2.45) is 5.92 Å². The van der Waals surface area contributed by atoms with Crippen LogP contribution in [-0.2, 0) is 16.1 Å². The summed E-state index contributed by atoms with van der Waals surface area (Å²) >= 11 is 0. The lowest BCUT2D eigenvalue weighted by Crippen LogP contribution is -2.42. The fraction of sp³-hybridized carbons (Fsp3) is 0.600. The van der Waals surface area contributed by atoms with Gasteiger partial charge in [0, 0.05) is 32.3 Å². The van der Waals surface area contributed by atoms with Crippen LogP contribution in [0.5, 0.6) is 11.5 Å². The average Bonchev–Trinajstić information content (AvgIpc) is 3.39. The van der Waals surface area contributed by atoms with Crippen LogP contribution in [0.4, 0.5) is 10.5 Å². The van der Waals surface area contributed by atoms with Crippen LogP contribution in [0.25, 0.3) is 0 Å². The number of hydrogen-bond donors (Lipinski definition) is 0. The number of rotatable bonds is 10. The number of amides is 1. The van der Waals surface area contributed by atoms with Gasteiger partial charge in [-0.25, -0.2) is 4.79 Å². The summed E-state index contributed by atoms with van der Waals surface area (Å²) in [6.45, 7) is 10.3. The molecule has 208 valence electrons. The highest BCUT2D eigenvalue weighted by Crippen LogP contribution is 2.28. The third-order valence-corrected chi connectivity index (χ3v) is 7.22. The van der Waals surface area contributed by atoms with E-state index in [9.17, 15) is 4.79 Å². The molecule has 38 heavy (non-hydrogen) atoms. The van der Waals surface area contributed by atoms with E-state index >= 15 is 0 Å². The normalized spacial score (nSPS) is 18.5. The third-order valence-electron chi connectivity index (χ3n) is 7.22. The summed E-state index contributed by atoms with van der Waals surface area (Å²) in [7, 11) is 1.68. The monoisotopic (exact) mass is 525 g/mol. The van der Waals surface area contributed by atoms with Gasteiger partial charge in [-0.3, -0.25) is 4.98 Å². The van der Waals surface area contributed by atoms with Gasteiger partial charge in [0.25, 0.3) is 0 Å². The SMILES string of the molecule is COc1ccc(COCCC2CCN(c3cncc(OCC4CCCN4C(=O)OC(C)(C)C)c3)CC2)cc1. The average molecular weight is 526 g/mol. The number of likely N-dealkylation sites (tertiary alicyclic amines) is 1. The molecule has 2 aliphatic rings. The highest BCUT2D eigenvalue weighted by atomic mass is 16.6. The molecule has 0 N–H and O–H groups in total. The molecule has 8 nitrogen and oxygen atoms in total. The Morgan fingerprint density at radius 3 is 2.50 bits per heavy atom. The van der Waals surface area contributed by atoms with Gasteiger partial charge < -0.3 is 28.7 Å². The van der Waals surface area contributed by atoms with Crippen LogP contribution in [0.3, 0.4) is 0 Å². The summed E-state index contributed by atoms with van der Waals surface area (Å²) in [6, 6.07) is 10.1. The Labute approximate surface area is 227 Å². The van der Waals surface area contributed by atoms with Crippen molar-refractivity contribution in [3.05, 3.63) is 48.3 Å². The van der Waals surface area contributed by atoms with Crippen molar-refractivity contribution in [3.63, 3.8) is 0 Å². The Morgan fingerprint density at radius 2 is 1.79 bits per heavy atom. The van der Waals surface area contributed by atoms with E-state index in [0.717, 1.165) is 69.0 Å². The van der Waals surface area contributed by atoms with Crippen molar-refractivity contribution in [2.75, 3.05) is 44.9 Å². The van der Waals surface area contributed by atoms with E-state index in [1.807, 2.05) is 51.2 Å². The molecule has 8 heteroatoms. The second kappa shape index (κ2) is 13.2. The number of aromatic nitrogens is 1. The minimum Gasteiger partial charge on any atom is -0.497 e. The molecule has 1 amide bonds. The lowest BCUT2D eigenvalue weighted by atomic mass is 9.94. The van der Waals surface area contributed by atoms with E-state index in [1.165, 1.54) is 5.56 Å². The maximum Gasteiger partial charge on any atom is 0.410 e. The molecule has 0 aliphatic carbocycles. The smallest absolute Gasteiger partial charge is 0.410 e. The third kappa shape index (κ3) is 8.25. The standard InChI is InChI=1S/C30H43N3O5/c1-30(2,3)38-29(34)33-14-5-6-25(33)22-37-28-18-26(19-31-20-28)32-15-11-23(12-16-32)13-17-36-21-24-7-9-27(35-4)10-8-24/h7-10,18-20,23,25H,5-6,11-17,21-22H2,1-4H3. The molecule has 2 saturated heterocycles. The molecule has 1 atom stereocenters. The van der Waals surface area contributed by atoms with E-state index in [1.54, 1.807) is 18.2 Å². The van der Waals surface area contributed by atoms with Crippen molar-refractivity contribution < 1.29 is 23.7 Å². The summed E-state index contributed by atoms with van der Waals surface area (Å²) in [5.41, 5.74) is 1.76. The van der Waals surface area contributed by atoms with Gasteiger partial charge in [0.15, 0.2) is 0 Å². The molecule has 0 spiro atoms. The molecule has 2 aliphatic heterocycles. The number of hydrogen-bond acceptors (Lipinski definition) is 7. The minimum atomic E-state index is -0.499. The summed E-state index contributed by atoms with van der Waals surface area (Å²) in [5, 5.41) is 0. The molecule has 1 aromatic heterocycles. The Bertz CT molecular complexity index is 1020. The van der Waals surface area contributed by atoms with E-state index in [4.69, 9.17) is 18.9 Å². The van der Waals surface area contributed by atoms with Gasteiger partial charge in [0.1, 0.15) is 23.7 Å². The molecule has 1 unspecified atom stereocenters. The van der Waals surface area contributed by atoms with Crippen LogP contribution >= 0.6 is 0 Å². The first kappa shape index (κ1) is 28.0. The van der Waals surface area contributed by atoms with Crippen LogP contribution in [0.15, 0.2) is 42.7 Å². The second-order valence-electron chi connectivity index (χ2n) is 11.3. The highest BCUT2D eigenvalue weighted by Gasteiger charge is 2.32. The van der Waals surface area contributed by atoms with Crippen molar-refractivity contribution in [1.82, 2.24) is 9.88 Å². The van der Waals surface area contributed by atoms with Crippen LogP contribution < -0.4 is 14.4 Å². The van der Waals surface area contributed by atoms with Crippen LogP contribution in [0.1, 0.15) is 58.4 Å². The van der Waals surface area contributed by atoms with E-state index in [0.29, 0.717) is 25.7 Å². The number of ether oxygens (including phenoxy) is 4. The highest BCUT2D eigenvalue weighted by molar-refractivity contribution is 5.69. The fourth-order valence-corrected chi connectivity index (χ4v) is 5.06. The van der Waals surface area contributed by atoms with Crippen LogP contribution in [-0.4, -0.2) is 67.6 Å². The van der Waals surface area contributed by atoms with Crippen molar-refractivity contribution >= 4 is 11.8 Å². The number of carbonyl (C=O) groups is 1. The lowest BCUT2D eigenvalue weighted by molar-refractivity contribution is 0.0187. The van der Waals surface area contributed by atoms with Gasteiger partial charge in [0.2, 0.25) is 0 Å². The summed E-state index contributed by atoms with van der Waals surface area (Å²) in [4.78, 5) is 21.2. The lowest BCUT2D eigenvalue weighted by Gasteiger charge is -2.33. The number of anilines is 1. The Balaban J connectivity index is 1.18. The molecule has 4 rings (SSSR count). The molecule has 0 radical (unpaired) electrons. The molecular weight excluding hydrogens is 482 g/mol. The van der Waals surface area contributed by atoms with Crippen molar-refractivity contribution in [1.29, 1.82) is 0 Å². The fourth-order valence-electron chi connectivity index (χ4n) is 5.06. The largest absolute Gasteiger partial charge is 0.497 e. The number of nitrogens with zero attached hydrogens (tertiary/aromatic N) is 3. The molecule has 2 aromatic rings. The maximum absolute atomic E-state index is 12.6. The molecule has 0 bridgehead atoms. The summed E-state index contributed by atoms with van der Waals surface area (Å²) in [6.07, 6.45) is 8.66. The zero-order valence-corrected chi connectivity index (χ0v) is 23.4. The molecule has 3 heterocycles. The second-order valence-corrected chi connectivity index (χ2v) is 11.3. The quantitative estimate of drug-likeness (QED) is 0.369. The number of benzene rings is 1. The number of pyridine rings is 1. The number of piperidine rings is 1. The Hall–Kier alpha value is -3.00. The Kier molecular flexibility index (Phi) is 9.72. The minimum absolute atomic E-state index is 0.0242. The van der Waals surface area contributed by atoms with Crippen molar-refractivity contribution in [3.8, 4) is 11.5 Å².